The maximum atomic E-state index is 9.76. The summed E-state index contributed by atoms with van der Waals surface area (Å²) < 4.78 is 8.56. The third kappa shape index (κ3) is 2.77. The van der Waals surface area contributed by atoms with E-state index >= 15 is 0 Å². The van der Waals surface area contributed by atoms with Crippen molar-refractivity contribution in [2.45, 2.75) is 34.1 Å². The van der Waals surface area contributed by atoms with Gasteiger partial charge in [-0.15, -0.1) is 0 Å². The summed E-state index contributed by atoms with van der Waals surface area (Å²) in [6.07, 6.45) is 2.94. The van der Waals surface area contributed by atoms with Crippen LogP contribution in [0.2, 0.25) is 0 Å². The van der Waals surface area contributed by atoms with Crippen LogP contribution in [-0.2, 0) is 13.5 Å². The lowest BCUT2D eigenvalue weighted by atomic mass is 9.92. The number of aryl methyl sites for hydroxylation is 3. The van der Waals surface area contributed by atoms with Gasteiger partial charge in [-0.05, 0) is 49.4 Å². The lowest BCUT2D eigenvalue weighted by Gasteiger charge is -2.10. The van der Waals surface area contributed by atoms with Crippen molar-refractivity contribution in [1.29, 1.82) is 5.26 Å². The first-order valence-corrected chi connectivity index (χ1v) is 9.75. The van der Waals surface area contributed by atoms with Gasteiger partial charge in [-0.2, -0.15) is 5.26 Å². The van der Waals surface area contributed by atoms with Crippen molar-refractivity contribution in [2.24, 2.45) is 13.0 Å². The van der Waals surface area contributed by atoms with Crippen molar-refractivity contribution < 1.29 is 8.98 Å². The van der Waals surface area contributed by atoms with Gasteiger partial charge in [-0.25, -0.2) is 4.57 Å². The number of furan rings is 1. The molecular formula is C25H25N2O+. The molecule has 0 bridgehead atoms. The van der Waals surface area contributed by atoms with Crippen molar-refractivity contribution >= 4 is 21.9 Å². The highest BCUT2D eigenvalue weighted by molar-refractivity contribution is 6.11. The summed E-state index contributed by atoms with van der Waals surface area (Å²) in [5.41, 5.74) is 7.92. The van der Waals surface area contributed by atoms with E-state index in [-0.39, 0.29) is 0 Å². The van der Waals surface area contributed by atoms with Gasteiger partial charge < -0.3 is 4.42 Å². The third-order valence-corrected chi connectivity index (χ3v) is 5.51. The van der Waals surface area contributed by atoms with Gasteiger partial charge in [0.15, 0.2) is 6.20 Å². The Bertz CT molecular complexity index is 1260. The first-order chi connectivity index (χ1) is 13.4. The second kappa shape index (κ2) is 6.80. The van der Waals surface area contributed by atoms with E-state index in [9.17, 15) is 5.26 Å². The zero-order valence-electron chi connectivity index (χ0n) is 17.1. The first kappa shape index (κ1) is 18.3. The highest BCUT2D eigenvalue weighted by Crippen LogP contribution is 2.39. The molecule has 3 heteroatoms. The zero-order valence-corrected chi connectivity index (χ0v) is 17.1. The van der Waals surface area contributed by atoms with E-state index in [0.29, 0.717) is 5.92 Å². The molecule has 0 unspecified atom stereocenters. The number of fused-ring (bicyclic) bond motifs is 3. The fourth-order valence-electron chi connectivity index (χ4n) is 4.16. The molecule has 2 aromatic carbocycles. The molecule has 3 nitrogen and oxygen atoms in total. The third-order valence-electron chi connectivity index (χ3n) is 5.51. The fraction of sp³-hybridized carbons (Fsp3) is 0.280. The lowest BCUT2D eigenvalue weighted by molar-refractivity contribution is -0.660. The smallest absolute Gasteiger partial charge is 0.216 e. The summed E-state index contributed by atoms with van der Waals surface area (Å²) in [4.78, 5) is 0. The molecule has 0 saturated heterocycles. The second-order valence-corrected chi connectivity index (χ2v) is 8.06. The first-order valence-electron chi connectivity index (χ1n) is 9.75. The normalized spacial score (nSPS) is 11.5. The Morgan fingerprint density at radius 2 is 1.86 bits per heavy atom. The Labute approximate surface area is 165 Å². The van der Waals surface area contributed by atoms with Gasteiger partial charge in [0.05, 0.1) is 17.2 Å². The summed E-state index contributed by atoms with van der Waals surface area (Å²) in [7, 11) is 2.05. The topological polar surface area (TPSA) is 40.8 Å². The number of nitriles is 1. The number of rotatable bonds is 3. The molecule has 0 spiro atoms. The Hall–Kier alpha value is -3.12. The zero-order chi connectivity index (χ0) is 20.0. The van der Waals surface area contributed by atoms with E-state index in [1.807, 2.05) is 13.0 Å². The molecule has 4 aromatic rings. The SMILES string of the molecule is Cc1ccc2c(oc3c(C)c(C#N)c(CC(C)C)cc32)c1-c1cccc[n+]1C. The lowest BCUT2D eigenvalue weighted by Crippen LogP contribution is -2.30. The highest BCUT2D eigenvalue weighted by Gasteiger charge is 2.22. The predicted molar refractivity (Wildman–Crippen MR) is 113 cm³/mol. The molecule has 0 aliphatic carbocycles. The largest absolute Gasteiger partial charge is 0.455 e. The average molecular weight is 369 g/mol. The van der Waals surface area contributed by atoms with E-state index in [4.69, 9.17) is 4.42 Å². The number of nitrogens with zero attached hydrogens (tertiary/aromatic N) is 2. The minimum absolute atomic E-state index is 0.489. The van der Waals surface area contributed by atoms with Crippen LogP contribution in [0.4, 0.5) is 0 Å². The molecule has 4 rings (SSSR count). The number of hydrogen-bond donors (Lipinski definition) is 0. The molecule has 0 aliphatic rings. The van der Waals surface area contributed by atoms with Crippen LogP contribution in [0.25, 0.3) is 33.2 Å². The molecule has 2 heterocycles. The molecule has 0 amide bonds. The van der Waals surface area contributed by atoms with Gasteiger partial charge in [-0.1, -0.05) is 26.0 Å². The van der Waals surface area contributed by atoms with Crippen LogP contribution in [0.5, 0.6) is 0 Å². The van der Waals surface area contributed by atoms with Crippen LogP contribution >= 0.6 is 0 Å². The van der Waals surface area contributed by atoms with Gasteiger partial charge >= 0.3 is 0 Å². The van der Waals surface area contributed by atoms with Crippen molar-refractivity contribution in [3.05, 3.63) is 64.8 Å². The summed E-state index contributed by atoms with van der Waals surface area (Å²) in [6.45, 7) is 8.49. The van der Waals surface area contributed by atoms with Crippen LogP contribution in [0.1, 0.15) is 36.1 Å². The standard InChI is InChI=1S/C25H25N2O/c1-15(2)12-18-13-20-19-10-9-16(3)23(22-8-6-7-11-27(22)5)25(19)28-24(20)17(4)21(18)14-26/h6-11,13,15H,12H2,1-5H3/q+1. The van der Waals surface area contributed by atoms with Gasteiger partial charge in [0.25, 0.3) is 0 Å². The number of aromatic nitrogens is 1. The van der Waals surface area contributed by atoms with E-state index in [1.54, 1.807) is 0 Å². The summed E-state index contributed by atoms with van der Waals surface area (Å²) >= 11 is 0. The fourth-order valence-corrected chi connectivity index (χ4v) is 4.16. The average Bonchev–Trinajstić information content (AvgIpc) is 3.01. The molecule has 0 aliphatic heterocycles. The molecule has 28 heavy (non-hydrogen) atoms. The Balaban J connectivity index is 2.12. The summed E-state index contributed by atoms with van der Waals surface area (Å²) in [6, 6.07) is 15.1. The van der Waals surface area contributed by atoms with Crippen molar-refractivity contribution in [3.8, 4) is 17.3 Å². The monoisotopic (exact) mass is 369 g/mol. The molecule has 0 N–H and O–H groups in total. The van der Waals surface area contributed by atoms with E-state index in [1.165, 1.54) is 5.56 Å². The Morgan fingerprint density at radius 3 is 2.54 bits per heavy atom. The Kier molecular flexibility index (Phi) is 4.43. The van der Waals surface area contributed by atoms with E-state index < -0.39 is 0 Å². The maximum Gasteiger partial charge on any atom is 0.216 e. The predicted octanol–water partition coefficient (Wildman–Crippen LogP) is 5.76. The van der Waals surface area contributed by atoms with Crippen LogP contribution in [0.15, 0.2) is 47.0 Å². The molecular weight excluding hydrogens is 344 g/mol. The van der Waals surface area contributed by atoms with Crippen molar-refractivity contribution in [3.63, 3.8) is 0 Å². The van der Waals surface area contributed by atoms with Crippen molar-refractivity contribution in [1.82, 2.24) is 0 Å². The number of benzene rings is 2. The van der Waals surface area contributed by atoms with Crippen molar-refractivity contribution in [2.75, 3.05) is 0 Å². The summed E-state index contributed by atoms with van der Waals surface area (Å²) in [5.74, 6) is 0.489. The molecule has 0 saturated carbocycles. The minimum Gasteiger partial charge on any atom is -0.455 e. The van der Waals surface area contributed by atoms with Gasteiger partial charge in [0, 0.05) is 28.5 Å². The molecule has 2 aromatic heterocycles. The Morgan fingerprint density at radius 1 is 1.07 bits per heavy atom. The number of pyridine rings is 1. The molecule has 0 fully saturated rings. The summed E-state index contributed by atoms with van der Waals surface area (Å²) in [5, 5.41) is 12.0. The molecule has 140 valence electrons. The van der Waals surface area contributed by atoms with Gasteiger partial charge in [0.1, 0.15) is 18.2 Å². The quantitative estimate of drug-likeness (QED) is 0.431. The maximum absolute atomic E-state index is 9.76. The highest BCUT2D eigenvalue weighted by atomic mass is 16.3. The van der Waals surface area contributed by atoms with E-state index in [0.717, 1.165) is 56.3 Å². The van der Waals surface area contributed by atoms with E-state index in [2.05, 4.69) is 75.0 Å². The van der Waals surface area contributed by atoms with Crippen LogP contribution in [0, 0.1) is 31.1 Å². The minimum atomic E-state index is 0.489. The van der Waals surface area contributed by atoms with Crippen LogP contribution < -0.4 is 4.57 Å². The van der Waals surface area contributed by atoms with Crippen LogP contribution in [-0.4, -0.2) is 0 Å². The van der Waals surface area contributed by atoms with Gasteiger partial charge in [0.2, 0.25) is 5.69 Å². The van der Waals surface area contributed by atoms with Gasteiger partial charge in [-0.3, -0.25) is 0 Å². The van der Waals surface area contributed by atoms with Crippen LogP contribution in [0.3, 0.4) is 0 Å². The molecule has 0 radical (unpaired) electrons. The number of hydrogen-bond acceptors (Lipinski definition) is 2. The molecule has 0 atom stereocenters. The second-order valence-electron chi connectivity index (χ2n) is 8.06.